The van der Waals surface area contributed by atoms with E-state index in [9.17, 15) is 0 Å². The Hall–Kier alpha value is -1.31. The van der Waals surface area contributed by atoms with Gasteiger partial charge in [-0.25, -0.2) is 0 Å². The molecular weight excluding hydrogens is 271 g/mol. The smallest absolute Gasteiger partial charge is 0.0775 e. The van der Waals surface area contributed by atoms with Gasteiger partial charge in [-0.15, -0.1) is 23.6 Å². The van der Waals surface area contributed by atoms with Gasteiger partial charge in [0.15, 0.2) is 0 Å². The van der Waals surface area contributed by atoms with E-state index in [1.54, 1.807) is 0 Å². The van der Waals surface area contributed by atoms with Gasteiger partial charge in [-0.2, -0.15) is 0 Å². The maximum Gasteiger partial charge on any atom is 0.0775 e. The Kier molecular flexibility index (Phi) is 4.29. The van der Waals surface area contributed by atoms with Gasteiger partial charge in [0.1, 0.15) is 0 Å². The molecule has 0 fully saturated rings. The van der Waals surface area contributed by atoms with Crippen LogP contribution in [0.3, 0.4) is 0 Å². The average Bonchev–Trinajstić information content (AvgIpc) is 2.55. The van der Waals surface area contributed by atoms with E-state index in [1.807, 2.05) is 6.07 Å². The predicted molar refractivity (Wildman–Crippen MR) is 73.5 cm³/mol. The number of hydrogen-bond donors (Lipinski definition) is 0. The molecule has 0 atom stereocenters. The minimum absolute atomic E-state index is 0. The number of fused-ring (bicyclic) bond motifs is 2. The quantitative estimate of drug-likeness (QED) is 0.714. The third kappa shape index (κ3) is 2.54. The first-order valence-corrected chi connectivity index (χ1v) is 6.44. The summed E-state index contributed by atoms with van der Waals surface area (Å²) in [6.07, 6.45) is 0. The van der Waals surface area contributed by atoms with Gasteiger partial charge in [-0.3, -0.25) is 0 Å². The fourth-order valence-corrected chi connectivity index (χ4v) is 2.65. The normalized spacial score (nSPS) is 12.9. The van der Waals surface area contributed by atoms with E-state index in [2.05, 4.69) is 56.3 Å². The molecule has 0 aromatic heterocycles. The summed E-state index contributed by atoms with van der Waals surface area (Å²) in [7, 11) is 0. The van der Waals surface area contributed by atoms with Crippen LogP contribution >= 0.6 is 0 Å². The van der Waals surface area contributed by atoms with Crippen LogP contribution in [-0.2, 0) is 25.2 Å². The monoisotopic (exact) mass is 288 g/mol. The van der Waals surface area contributed by atoms with Crippen molar-refractivity contribution in [2.24, 2.45) is 5.92 Å². The second kappa shape index (κ2) is 5.77. The average molecular weight is 288 g/mol. The molecule has 0 saturated heterocycles. The number of para-hydroxylation sites is 1. The molecule has 19 heavy (non-hydrogen) atoms. The standard InChI is InChI=1S/C17H17O.V/c1-12(2)17-14-8-4-3-7-13(14)11-18-16-10-6-5-9-15(16)17;/h3-10,12H,11H2,1-2H3;/q-1;. The van der Waals surface area contributed by atoms with Gasteiger partial charge in [-0.1, -0.05) is 61.4 Å². The summed E-state index contributed by atoms with van der Waals surface area (Å²) in [5, 5.41) is 0. The van der Waals surface area contributed by atoms with Crippen molar-refractivity contribution in [2.75, 3.05) is 0 Å². The molecule has 0 spiro atoms. The Labute approximate surface area is 126 Å². The SMILES string of the molecule is CC(C)[C-]1c2ccccc2COc2ccccc21.[V]. The second-order valence-corrected chi connectivity index (χ2v) is 5.01. The van der Waals surface area contributed by atoms with E-state index in [1.165, 1.54) is 22.6 Å². The van der Waals surface area contributed by atoms with Gasteiger partial charge in [-0.05, 0) is 5.92 Å². The van der Waals surface area contributed by atoms with Crippen LogP contribution in [0.15, 0.2) is 48.5 Å². The molecule has 1 aliphatic rings. The summed E-state index contributed by atoms with van der Waals surface area (Å²) >= 11 is 0. The van der Waals surface area contributed by atoms with Gasteiger partial charge >= 0.3 is 0 Å². The van der Waals surface area contributed by atoms with Crippen molar-refractivity contribution in [3.63, 3.8) is 0 Å². The molecule has 97 valence electrons. The number of ether oxygens (including phenoxy) is 1. The Morgan fingerprint density at radius 1 is 0.947 bits per heavy atom. The van der Waals surface area contributed by atoms with E-state index in [0.29, 0.717) is 12.5 Å². The Bertz CT molecular complexity index is 515. The van der Waals surface area contributed by atoms with Crippen LogP contribution in [0.5, 0.6) is 5.75 Å². The summed E-state index contributed by atoms with van der Waals surface area (Å²) in [5.74, 6) is 2.87. The van der Waals surface area contributed by atoms with Crippen molar-refractivity contribution in [3.8, 4) is 5.75 Å². The first kappa shape index (κ1) is 14.1. The Morgan fingerprint density at radius 2 is 1.58 bits per heavy atom. The van der Waals surface area contributed by atoms with Crippen LogP contribution in [0, 0.1) is 11.8 Å². The van der Waals surface area contributed by atoms with Gasteiger partial charge in [0.05, 0.1) is 12.4 Å². The van der Waals surface area contributed by atoms with Crippen LogP contribution < -0.4 is 4.74 Å². The molecule has 0 unspecified atom stereocenters. The molecule has 0 aliphatic carbocycles. The summed E-state index contributed by atoms with van der Waals surface area (Å²) in [6, 6.07) is 16.9. The minimum Gasteiger partial charge on any atom is -0.530 e. The molecule has 0 saturated carbocycles. The zero-order valence-corrected chi connectivity index (χ0v) is 12.7. The summed E-state index contributed by atoms with van der Waals surface area (Å²) < 4.78 is 5.93. The van der Waals surface area contributed by atoms with E-state index in [-0.39, 0.29) is 18.6 Å². The van der Waals surface area contributed by atoms with Crippen molar-refractivity contribution in [1.29, 1.82) is 0 Å². The van der Waals surface area contributed by atoms with Gasteiger partial charge in [0.25, 0.3) is 0 Å². The molecular formula is C17H17OV-. The number of hydrogen-bond acceptors (Lipinski definition) is 1. The van der Waals surface area contributed by atoms with Gasteiger partial charge < -0.3 is 4.74 Å². The zero-order chi connectivity index (χ0) is 12.5. The molecule has 2 aromatic carbocycles. The van der Waals surface area contributed by atoms with Crippen LogP contribution in [-0.4, -0.2) is 0 Å². The van der Waals surface area contributed by atoms with Gasteiger partial charge in [0.2, 0.25) is 0 Å². The molecule has 1 aliphatic heterocycles. The third-order valence-electron chi connectivity index (χ3n) is 3.45. The fraction of sp³-hybridized carbons (Fsp3) is 0.235. The molecule has 0 bridgehead atoms. The van der Waals surface area contributed by atoms with Crippen LogP contribution in [0.25, 0.3) is 0 Å². The van der Waals surface area contributed by atoms with E-state index in [0.717, 1.165) is 5.75 Å². The summed E-state index contributed by atoms with van der Waals surface area (Å²) in [4.78, 5) is 0. The van der Waals surface area contributed by atoms with E-state index < -0.39 is 0 Å². The molecule has 0 N–H and O–H groups in total. The van der Waals surface area contributed by atoms with Crippen molar-refractivity contribution in [1.82, 2.24) is 0 Å². The van der Waals surface area contributed by atoms with Crippen LogP contribution in [0.4, 0.5) is 0 Å². The topological polar surface area (TPSA) is 9.23 Å². The second-order valence-electron chi connectivity index (χ2n) is 5.01. The largest absolute Gasteiger partial charge is 0.530 e. The summed E-state index contributed by atoms with van der Waals surface area (Å²) in [5.41, 5.74) is 3.84. The van der Waals surface area contributed by atoms with Crippen LogP contribution in [0.1, 0.15) is 30.5 Å². The van der Waals surface area contributed by atoms with E-state index in [4.69, 9.17) is 4.74 Å². The molecule has 1 heterocycles. The van der Waals surface area contributed by atoms with Crippen molar-refractivity contribution < 1.29 is 23.3 Å². The minimum atomic E-state index is 0. The fourth-order valence-electron chi connectivity index (χ4n) is 2.65. The molecule has 2 aromatic rings. The Morgan fingerprint density at radius 3 is 2.32 bits per heavy atom. The van der Waals surface area contributed by atoms with Crippen molar-refractivity contribution in [3.05, 3.63) is 71.1 Å². The van der Waals surface area contributed by atoms with E-state index >= 15 is 0 Å². The predicted octanol–water partition coefficient (Wildman–Crippen LogP) is 4.20. The molecule has 0 amide bonds. The zero-order valence-electron chi connectivity index (χ0n) is 11.3. The third-order valence-corrected chi connectivity index (χ3v) is 3.45. The Balaban J connectivity index is 0.00000133. The molecule has 3 rings (SSSR count). The number of benzene rings is 2. The first-order chi connectivity index (χ1) is 8.77. The van der Waals surface area contributed by atoms with Gasteiger partial charge in [0, 0.05) is 18.6 Å². The maximum absolute atomic E-state index is 5.93. The van der Waals surface area contributed by atoms with Crippen LogP contribution in [0.2, 0.25) is 0 Å². The molecule has 1 nitrogen and oxygen atoms in total. The van der Waals surface area contributed by atoms with Crippen molar-refractivity contribution in [2.45, 2.75) is 20.5 Å². The molecule has 1 radical (unpaired) electrons. The first-order valence-electron chi connectivity index (χ1n) is 6.44. The summed E-state index contributed by atoms with van der Waals surface area (Å²) in [6.45, 7) is 5.14. The number of rotatable bonds is 1. The maximum atomic E-state index is 5.93. The van der Waals surface area contributed by atoms with Crippen molar-refractivity contribution >= 4 is 0 Å². The molecule has 2 heteroatoms.